The molecule has 0 saturated heterocycles. The van der Waals surface area contributed by atoms with Crippen molar-refractivity contribution < 1.29 is 27.1 Å². The lowest BCUT2D eigenvalue weighted by molar-refractivity contribution is -0.140. The smallest absolute Gasteiger partial charge is 0.433 e. The molecule has 0 unspecified atom stereocenters. The van der Waals surface area contributed by atoms with E-state index in [4.69, 9.17) is 14.9 Å². The number of amides is 1. The van der Waals surface area contributed by atoms with Crippen LogP contribution in [0.3, 0.4) is 0 Å². The van der Waals surface area contributed by atoms with Crippen molar-refractivity contribution in [2.75, 3.05) is 20.2 Å². The van der Waals surface area contributed by atoms with Gasteiger partial charge in [0.05, 0.1) is 32.4 Å². The average molecular weight is 529 g/mol. The van der Waals surface area contributed by atoms with Gasteiger partial charge in [-0.25, -0.2) is 9.97 Å². The van der Waals surface area contributed by atoms with Gasteiger partial charge in [0, 0.05) is 22.9 Å². The number of rotatable bonds is 6. The van der Waals surface area contributed by atoms with Gasteiger partial charge < -0.3 is 25.5 Å². The lowest BCUT2D eigenvalue weighted by Gasteiger charge is -2.14. The van der Waals surface area contributed by atoms with E-state index < -0.39 is 17.8 Å². The van der Waals surface area contributed by atoms with Crippen molar-refractivity contribution in [2.24, 2.45) is 10.7 Å². The number of fused-ring (bicyclic) bond motifs is 1. The normalized spacial score (nSPS) is 12.5. The van der Waals surface area contributed by atoms with Crippen LogP contribution in [0.2, 0.25) is 0 Å². The number of ether oxygens (including phenoxy) is 1. The highest BCUT2D eigenvalue weighted by Gasteiger charge is 2.33. The summed E-state index contributed by atoms with van der Waals surface area (Å²) in [6.45, 7) is 8.52. The third-order valence-electron chi connectivity index (χ3n) is 5.21. The first-order valence-corrected chi connectivity index (χ1v) is 11.1. The first kappa shape index (κ1) is 29.6. The van der Waals surface area contributed by atoms with E-state index in [-0.39, 0.29) is 41.7 Å². The number of nitrogens with one attached hydrogen (secondary N) is 2. The highest BCUT2D eigenvalue weighted by molar-refractivity contribution is 5.98. The maximum Gasteiger partial charge on any atom is 0.433 e. The Hall–Kier alpha value is -4.63. The molecule has 38 heavy (non-hydrogen) atoms. The van der Waals surface area contributed by atoms with Crippen LogP contribution in [0.25, 0.3) is 22.4 Å². The van der Waals surface area contributed by atoms with Gasteiger partial charge in [0.15, 0.2) is 11.5 Å². The van der Waals surface area contributed by atoms with E-state index in [0.717, 1.165) is 11.8 Å². The zero-order valence-corrected chi connectivity index (χ0v) is 20.9. The molecule has 0 atom stereocenters. The van der Waals surface area contributed by atoms with Crippen LogP contribution in [-0.2, 0) is 12.7 Å². The number of benzene rings is 1. The summed E-state index contributed by atoms with van der Waals surface area (Å²) in [6.07, 6.45) is 5.07. The molecular formula is C26H27F3N6O3. The fraction of sp³-hybridized carbons (Fsp3) is 0.231. The standard InChI is InChI=1S/C22H21F3N6O3.C2H4.C2H2/c1-11-14(28-8-7-27-11)10-29-20(32)19-16(9-26)34-21(31-19)13-3-5-15(33-2)18-12(13)4-6-17(30-18)22(23,24)25;2*1-2/h3-6,8,27H,7,9-10,26H2,1-2H3,(H,29,32);1-2H2;1-2H. The second-order valence-electron chi connectivity index (χ2n) is 7.35. The van der Waals surface area contributed by atoms with E-state index in [1.165, 1.54) is 19.2 Å². The molecule has 12 heteroatoms. The Morgan fingerprint density at radius 2 is 1.95 bits per heavy atom. The van der Waals surface area contributed by atoms with Crippen LogP contribution < -0.4 is 21.1 Å². The van der Waals surface area contributed by atoms with E-state index in [0.29, 0.717) is 23.2 Å². The van der Waals surface area contributed by atoms with Gasteiger partial charge in [-0.1, -0.05) is 0 Å². The molecule has 2 aromatic heterocycles. The van der Waals surface area contributed by atoms with Gasteiger partial charge in [0.25, 0.3) is 5.91 Å². The Morgan fingerprint density at radius 3 is 2.55 bits per heavy atom. The maximum absolute atomic E-state index is 13.2. The van der Waals surface area contributed by atoms with Crippen LogP contribution in [0.5, 0.6) is 5.75 Å². The van der Waals surface area contributed by atoms with Crippen molar-refractivity contribution in [3.8, 4) is 30.1 Å². The van der Waals surface area contributed by atoms with Gasteiger partial charge in [-0.2, -0.15) is 13.2 Å². The van der Waals surface area contributed by atoms with Crippen molar-refractivity contribution in [1.29, 1.82) is 0 Å². The number of pyridine rings is 1. The molecule has 0 radical (unpaired) electrons. The molecule has 1 aromatic carbocycles. The number of hydrogen-bond acceptors (Lipinski definition) is 8. The number of methoxy groups -OCH3 is 1. The largest absolute Gasteiger partial charge is 0.494 e. The Balaban J connectivity index is 0.00000121. The first-order chi connectivity index (χ1) is 18.2. The second kappa shape index (κ2) is 13.1. The van der Waals surface area contributed by atoms with Crippen molar-refractivity contribution in [1.82, 2.24) is 20.6 Å². The first-order valence-electron chi connectivity index (χ1n) is 11.1. The van der Waals surface area contributed by atoms with Gasteiger partial charge in [-0.3, -0.25) is 9.79 Å². The monoisotopic (exact) mass is 528 g/mol. The predicted molar refractivity (Wildman–Crippen MR) is 139 cm³/mol. The number of terminal acetylenes is 1. The van der Waals surface area contributed by atoms with Crippen LogP contribution in [-0.4, -0.2) is 42.3 Å². The quantitative estimate of drug-likeness (QED) is 0.325. The van der Waals surface area contributed by atoms with Gasteiger partial charge in [0.2, 0.25) is 5.89 Å². The number of carbonyl (C=O) groups excluding carboxylic acids is 1. The van der Waals surface area contributed by atoms with Crippen LogP contribution in [0.15, 0.2) is 58.2 Å². The predicted octanol–water partition coefficient (Wildman–Crippen LogP) is 4.06. The van der Waals surface area contributed by atoms with E-state index in [1.54, 1.807) is 12.3 Å². The fourth-order valence-electron chi connectivity index (χ4n) is 3.46. The number of allylic oxidation sites excluding steroid dienone is 1. The number of nitrogens with two attached hydrogens (primary N) is 1. The van der Waals surface area contributed by atoms with Gasteiger partial charge >= 0.3 is 6.18 Å². The second-order valence-corrected chi connectivity index (χ2v) is 7.35. The van der Waals surface area contributed by atoms with E-state index in [1.807, 2.05) is 6.92 Å². The molecule has 0 spiro atoms. The molecule has 0 fully saturated rings. The minimum absolute atomic E-state index is 0.0154. The highest BCUT2D eigenvalue weighted by atomic mass is 19.4. The summed E-state index contributed by atoms with van der Waals surface area (Å²) in [7, 11) is 1.33. The van der Waals surface area contributed by atoms with Crippen molar-refractivity contribution >= 4 is 23.0 Å². The molecule has 3 aromatic rings. The van der Waals surface area contributed by atoms with Crippen LogP contribution >= 0.6 is 0 Å². The number of alkyl halides is 3. The highest BCUT2D eigenvalue weighted by Crippen LogP contribution is 2.36. The molecule has 0 bridgehead atoms. The number of carbonyl (C=O) groups is 1. The molecule has 200 valence electrons. The van der Waals surface area contributed by atoms with Gasteiger partial charge in [0.1, 0.15) is 17.0 Å². The summed E-state index contributed by atoms with van der Waals surface area (Å²) >= 11 is 0. The molecule has 4 N–H and O–H groups in total. The Morgan fingerprint density at radius 1 is 1.24 bits per heavy atom. The van der Waals surface area contributed by atoms with E-state index in [9.17, 15) is 18.0 Å². The number of aromatic nitrogens is 2. The van der Waals surface area contributed by atoms with E-state index >= 15 is 0 Å². The van der Waals surface area contributed by atoms with Crippen LogP contribution in [0.4, 0.5) is 13.2 Å². The molecule has 3 heterocycles. The number of aliphatic imine (C=N–C) groups is 1. The summed E-state index contributed by atoms with van der Waals surface area (Å²) in [5.74, 6) is -0.217. The summed E-state index contributed by atoms with van der Waals surface area (Å²) in [6, 6.07) is 5.15. The van der Waals surface area contributed by atoms with Crippen LogP contribution in [0.1, 0.15) is 28.9 Å². The Labute approximate surface area is 217 Å². The zero-order valence-electron chi connectivity index (χ0n) is 20.9. The SMILES string of the molecule is C#C.C=C.COc1ccc(-c2nc(C(=O)NCC3=C(C)NCC=N3)c(CN)o2)c2ccc(C(F)(F)F)nc12. The lowest BCUT2D eigenvalue weighted by Crippen LogP contribution is -2.30. The minimum Gasteiger partial charge on any atom is -0.494 e. The zero-order chi connectivity index (χ0) is 28.5. The Kier molecular flexibility index (Phi) is 10.2. The lowest BCUT2D eigenvalue weighted by atomic mass is 10.1. The number of hydrogen-bond donors (Lipinski definition) is 3. The van der Waals surface area contributed by atoms with Gasteiger partial charge in [-0.05, 0) is 31.2 Å². The van der Waals surface area contributed by atoms with E-state index in [2.05, 4.69) is 51.6 Å². The molecule has 1 amide bonds. The van der Waals surface area contributed by atoms with Crippen molar-refractivity contribution in [3.05, 3.63) is 66.0 Å². The summed E-state index contributed by atoms with van der Waals surface area (Å²) < 4.78 is 50.5. The maximum atomic E-state index is 13.2. The molecule has 0 saturated carbocycles. The molecule has 1 aliphatic rings. The summed E-state index contributed by atoms with van der Waals surface area (Å²) in [4.78, 5) is 25.1. The molecule has 9 nitrogen and oxygen atoms in total. The van der Waals surface area contributed by atoms with Crippen molar-refractivity contribution in [3.63, 3.8) is 0 Å². The Bertz CT molecular complexity index is 1380. The number of oxazole rings is 1. The average Bonchev–Trinajstić information content (AvgIpc) is 3.37. The third-order valence-corrected chi connectivity index (χ3v) is 5.21. The summed E-state index contributed by atoms with van der Waals surface area (Å²) in [5.41, 5.74) is 6.51. The molecule has 0 aliphatic carbocycles. The number of halogens is 3. The topological polar surface area (TPSA) is 128 Å². The minimum atomic E-state index is -4.62. The summed E-state index contributed by atoms with van der Waals surface area (Å²) in [5, 5.41) is 6.17. The molecule has 4 rings (SSSR count). The molecular weight excluding hydrogens is 501 g/mol. The fourth-order valence-corrected chi connectivity index (χ4v) is 3.46. The van der Waals surface area contributed by atoms with Crippen LogP contribution in [0, 0.1) is 12.8 Å². The van der Waals surface area contributed by atoms with Crippen molar-refractivity contribution in [2.45, 2.75) is 19.6 Å². The molecule has 1 aliphatic heterocycles. The third kappa shape index (κ3) is 6.37. The van der Waals surface area contributed by atoms with Gasteiger partial charge in [-0.15, -0.1) is 26.0 Å². The number of nitrogens with zero attached hydrogens (tertiary/aromatic N) is 3.